The first kappa shape index (κ1) is 24.1. The van der Waals surface area contributed by atoms with Gasteiger partial charge in [-0.2, -0.15) is 0 Å². The predicted octanol–water partition coefficient (Wildman–Crippen LogP) is 4.62. The molecule has 0 bridgehead atoms. The Morgan fingerprint density at radius 1 is 1.21 bits per heavy atom. The van der Waals surface area contributed by atoms with Crippen molar-refractivity contribution in [2.75, 3.05) is 14.2 Å². The van der Waals surface area contributed by atoms with Gasteiger partial charge in [-0.3, -0.25) is 4.79 Å². The maximum absolute atomic E-state index is 12.5. The van der Waals surface area contributed by atoms with E-state index in [-0.39, 0.29) is 0 Å². The number of allylic oxidation sites excluding steroid dienone is 2. The summed E-state index contributed by atoms with van der Waals surface area (Å²) in [7, 11) is 3.26. The first-order chi connectivity index (χ1) is 13.0. The highest BCUT2D eigenvalue weighted by atomic mass is 79.9. The number of benzene rings is 1. The molecular weight excluding hydrogens is 422 g/mol. The minimum Gasteiger partial charge on any atom is -0.467 e. The molecule has 0 N–H and O–H groups in total. The van der Waals surface area contributed by atoms with Gasteiger partial charge in [0, 0.05) is 29.3 Å². The van der Waals surface area contributed by atoms with E-state index in [1.165, 1.54) is 7.11 Å². The van der Waals surface area contributed by atoms with Gasteiger partial charge in [-0.1, -0.05) is 30.3 Å². The SMILES string of the molecule is COC(=O)C(OC(C)(C)C)C(=C(\C)C=O)/C(Br)=C(/C)N(C)Cc1ccccc1. The summed E-state index contributed by atoms with van der Waals surface area (Å²) >= 11 is 3.60. The van der Waals surface area contributed by atoms with Crippen molar-refractivity contribution in [1.82, 2.24) is 4.90 Å². The first-order valence-electron chi connectivity index (χ1n) is 9.05. The highest BCUT2D eigenvalue weighted by Crippen LogP contribution is 2.32. The molecule has 0 spiro atoms. The standard InChI is InChI=1S/C22H30BrNO4/c1-15(14-25)18(20(21(26)27-7)28-22(3,4)5)19(23)16(2)24(6)13-17-11-9-8-10-12-17/h8-12,14,20H,13H2,1-7H3/b18-15+,19-16+. The number of aldehydes is 1. The molecule has 0 aromatic heterocycles. The van der Waals surface area contributed by atoms with E-state index in [1.54, 1.807) is 6.92 Å². The maximum Gasteiger partial charge on any atom is 0.339 e. The summed E-state index contributed by atoms with van der Waals surface area (Å²) in [6, 6.07) is 10.0. The van der Waals surface area contributed by atoms with Crippen LogP contribution in [0.2, 0.25) is 0 Å². The zero-order valence-electron chi connectivity index (χ0n) is 17.7. The molecule has 1 atom stereocenters. The van der Waals surface area contributed by atoms with Crippen LogP contribution in [0.5, 0.6) is 0 Å². The average Bonchev–Trinajstić information content (AvgIpc) is 2.65. The van der Waals surface area contributed by atoms with Crippen LogP contribution in [0.3, 0.4) is 0 Å². The summed E-state index contributed by atoms with van der Waals surface area (Å²) in [5.74, 6) is -0.554. The van der Waals surface area contributed by atoms with E-state index in [4.69, 9.17) is 9.47 Å². The predicted molar refractivity (Wildman–Crippen MR) is 115 cm³/mol. The van der Waals surface area contributed by atoms with Gasteiger partial charge >= 0.3 is 5.97 Å². The van der Waals surface area contributed by atoms with Crippen LogP contribution in [0, 0.1) is 0 Å². The van der Waals surface area contributed by atoms with Gasteiger partial charge < -0.3 is 14.4 Å². The third kappa shape index (κ3) is 6.91. The molecule has 154 valence electrons. The molecule has 0 aliphatic heterocycles. The van der Waals surface area contributed by atoms with Gasteiger partial charge in [0.05, 0.1) is 12.7 Å². The quantitative estimate of drug-likeness (QED) is 0.250. The van der Waals surface area contributed by atoms with E-state index in [0.29, 0.717) is 22.2 Å². The number of hydrogen-bond acceptors (Lipinski definition) is 5. The van der Waals surface area contributed by atoms with Gasteiger partial charge in [0.15, 0.2) is 6.10 Å². The van der Waals surface area contributed by atoms with Crippen LogP contribution in [-0.4, -0.2) is 43.0 Å². The molecule has 5 nitrogen and oxygen atoms in total. The molecule has 6 heteroatoms. The zero-order chi connectivity index (χ0) is 21.5. The fourth-order valence-electron chi connectivity index (χ4n) is 2.58. The monoisotopic (exact) mass is 451 g/mol. The van der Waals surface area contributed by atoms with Gasteiger partial charge in [0.2, 0.25) is 0 Å². The van der Waals surface area contributed by atoms with Gasteiger partial charge in [-0.05, 0) is 61.7 Å². The lowest BCUT2D eigenvalue weighted by Gasteiger charge is -2.30. The molecule has 0 aliphatic carbocycles. The van der Waals surface area contributed by atoms with Crippen molar-refractivity contribution in [3.05, 3.63) is 57.2 Å². The Balaban J connectivity index is 3.38. The molecule has 0 saturated heterocycles. The van der Waals surface area contributed by atoms with Crippen LogP contribution < -0.4 is 0 Å². The minimum atomic E-state index is -1.02. The highest BCUT2D eigenvalue weighted by molar-refractivity contribution is 9.12. The number of nitrogens with zero attached hydrogens (tertiary/aromatic N) is 1. The molecule has 0 saturated carbocycles. The number of methoxy groups -OCH3 is 1. The van der Waals surface area contributed by atoms with Crippen molar-refractivity contribution in [2.24, 2.45) is 0 Å². The number of esters is 1. The Morgan fingerprint density at radius 3 is 2.25 bits per heavy atom. The molecule has 1 unspecified atom stereocenters. The van der Waals surface area contributed by atoms with E-state index in [2.05, 4.69) is 15.9 Å². The second-order valence-electron chi connectivity index (χ2n) is 7.59. The number of carbonyl (C=O) groups excluding carboxylic acids is 2. The number of hydrogen-bond donors (Lipinski definition) is 0. The lowest BCUT2D eigenvalue weighted by molar-refractivity contribution is -0.159. The molecular formula is C22H30BrNO4. The highest BCUT2D eigenvalue weighted by Gasteiger charge is 2.33. The van der Waals surface area contributed by atoms with Crippen LogP contribution in [-0.2, 0) is 25.6 Å². The Bertz CT molecular complexity index is 748. The third-order valence-electron chi connectivity index (χ3n) is 4.14. The van der Waals surface area contributed by atoms with Crippen molar-refractivity contribution < 1.29 is 19.1 Å². The normalized spacial score (nSPS) is 14.6. The van der Waals surface area contributed by atoms with Gasteiger partial charge in [-0.15, -0.1) is 0 Å². The maximum atomic E-state index is 12.5. The molecule has 0 radical (unpaired) electrons. The van der Waals surface area contributed by atoms with E-state index < -0.39 is 17.7 Å². The molecule has 0 aliphatic rings. The second kappa shape index (κ2) is 10.6. The average molecular weight is 452 g/mol. The lowest BCUT2D eigenvalue weighted by Crippen LogP contribution is -2.36. The van der Waals surface area contributed by atoms with Gasteiger partial charge in [0.25, 0.3) is 0 Å². The Hall–Kier alpha value is -1.92. The summed E-state index contributed by atoms with van der Waals surface area (Å²) in [6.45, 7) is 9.82. The minimum absolute atomic E-state index is 0.402. The lowest BCUT2D eigenvalue weighted by atomic mass is 10.0. The molecule has 1 rings (SSSR count). The zero-order valence-corrected chi connectivity index (χ0v) is 19.3. The molecule has 1 aromatic carbocycles. The van der Waals surface area contributed by atoms with Crippen LogP contribution in [0.25, 0.3) is 0 Å². The summed E-state index contributed by atoms with van der Waals surface area (Å²) in [5, 5.41) is 0. The Morgan fingerprint density at radius 2 is 1.79 bits per heavy atom. The Labute approximate surface area is 176 Å². The molecule has 1 aromatic rings. The van der Waals surface area contributed by atoms with E-state index in [9.17, 15) is 9.59 Å². The Kier molecular flexibility index (Phi) is 9.11. The molecule has 28 heavy (non-hydrogen) atoms. The molecule has 0 heterocycles. The summed E-state index contributed by atoms with van der Waals surface area (Å²) in [4.78, 5) is 26.1. The number of halogens is 1. The number of rotatable bonds is 8. The fourth-order valence-corrected chi connectivity index (χ4v) is 3.41. The first-order valence-corrected chi connectivity index (χ1v) is 9.84. The number of carbonyl (C=O) groups is 2. The molecule has 0 amide bonds. The third-order valence-corrected chi connectivity index (χ3v) is 5.14. The second-order valence-corrected chi connectivity index (χ2v) is 8.38. The van der Waals surface area contributed by atoms with Crippen LogP contribution in [0.15, 0.2) is 51.7 Å². The van der Waals surface area contributed by atoms with Crippen molar-refractivity contribution in [3.63, 3.8) is 0 Å². The van der Waals surface area contributed by atoms with Crippen molar-refractivity contribution in [2.45, 2.75) is 52.9 Å². The van der Waals surface area contributed by atoms with E-state index >= 15 is 0 Å². The fraction of sp³-hybridized carbons (Fsp3) is 0.455. The summed E-state index contributed by atoms with van der Waals surface area (Å²) in [5.41, 5.74) is 2.28. The van der Waals surface area contributed by atoms with Gasteiger partial charge in [0.1, 0.15) is 6.29 Å². The smallest absolute Gasteiger partial charge is 0.339 e. The van der Waals surface area contributed by atoms with Crippen LogP contribution in [0.4, 0.5) is 0 Å². The van der Waals surface area contributed by atoms with Crippen LogP contribution in [0.1, 0.15) is 40.2 Å². The largest absolute Gasteiger partial charge is 0.467 e. The van der Waals surface area contributed by atoms with Crippen molar-refractivity contribution in [3.8, 4) is 0 Å². The number of ether oxygens (including phenoxy) is 2. The van der Waals surface area contributed by atoms with Crippen molar-refractivity contribution in [1.29, 1.82) is 0 Å². The van der Waals surface area contributed by atoms with Gasteiger partial charge in [-0.25, -0.2) is 4.79 Å². The molecule has 0 fully saturated rings. The van der Waals surface area contributed by atoms with E-state index in [1.807, 2.05) is 70.0 Å². The van der Waals surface area contributed by atoms with Crippen molar-refractivity contribution >= 4 is 28.2 Å². The summed E-state index contributed by atoms with van der Waals surface area (Å²) in [6.07, 6.45) is -0.298. The summed E-state index contributed by atoms with van der Waals surface area (Å²) < 4.78 is 11.6. The van der Waals surface area contributed by atoms with Crippen LogP contribution >= 0.6 is 15.9 Å². The van der Waals surface area contributed by atoms with E-state index in [0.717, 1.165) is 17.5 Å². The topological polar surface area (TPSA) is 55.8 Å².